The predicted octanol–water partition coefficient (Wildman–Crippen LogP) is 2.15. The summed E-state index contributed by atoms with van der Waals surface area (Å²) in [6.45, 7) is -0.417. The fraction of sp³-hybridized carbons (Fsp3) is 0.0870. The molecule has 0 saturated heterocycles. The summed E-state index contributed by atoms with van der Waals surface area (Å²) in [5.74, 6) is -0.767. The molecule has 2 rings (SSSR count). The van der Waals surface area contributed by atoms with Gasteiger partial charge in [-0.1, -0.05) is 36.4 Å². The Bertz CT molecular complexity index is 1010. The molecule has 0 aromatic heterocycles. The monoisotopic (exact) mass is 422 g/mol. The van der Waals surface area contributed by atoms with E-state index in [2.05, 4.69) is 0 Å². The van der Waals surface area contributed by atoms with Gasteiger partial charge in [-0.05, 0) is 47.5 Å². The second-order valence-electron chi connectivity index (χ2n) is 6.29. The number of rotatable bonds is 11. The van der Waals surface area contributed by atoms with Gasteiger partial charge in [0.2, 0.25) is 0 Å². The van der Waals surface area contributed by atoms with Crippen molar-refractivity contribution < 1.29 is 29.0 Å². The molecule has 0 saturated carbocycles. The highest BCUT2D eigenvalue weighted by Gasteiger charge is 1.99. The summed E-state index contributed by atoms with van der Waals surface area (Å²) in [6.07, 6.45) is 6.98. The van der Waals surface area contributed by atoms with Gasteiger partial charge in [0.1, 0.15) is 17.3 Å². The van der Waals surface area contributed by atoms with Gasteiger partial charge in [0, 0.05) is 6.08 Å². The maximum atomic E-state index is 12.0. The smallest absolute Gasteiger partial charge is 0.255 e. The number of benzene rings is 2. The van der Waals surface area contributed by atoms with E-state index in [0.29, 0.717) is 11.5 Å². The molecular formula is C23H22N2O6. The third-order valence-corrected chi connectivity index (χ3v) is 3.70. The molecule has 0 aliphatic rings. The Morgan fingerprint density at radius 3 is 1.58 bits per heavy atom. The topological polar surface area (TPSA) is 142 Å². The van der Waals surface area contributed by atoms with E-state index in [1.54, 1.807) is 60.7 Å². The molecule has 2 amide bonds. The van der Waals surface area contributed by atoms with Crippen LogP contribution < -0.4 is 20.9 Å². The Labute approximate surface area is 179 Å². The van der Waals surface area contributed by atoms with Crippen LogP contribution in [0.25, 0.3) is 12.2 Å². The van der Waals surface area contributed by atoms with Crippen LogP contribution >= 0.6 is 0 Å². The van der Waals surface area contributed by atoms with Gasteiger partial charge in [-0.3, -0.25) is 14.4 Å². The molecule has 8 nitrogen and oxygen atoms in total. The van der Waals surface area contributed by atoms with Crippen LogP contribution in [0.15, 0.2) is 72.5 Å². The van der Waals surface area contributed by atoms with Crippen LogP contribution in [0.3, 0.4) is 0 Å². The first-order valence-electron chi connectivity index (χ1n) is 9.15. The van der Waals surface area contributed by atoms with Gasteiger partial charge < -0.3 is 26.0 Å². The van der Waals surface area contributed by atoms with Crippen LogP contribution in [0.5, 0.6) is 11.5 Å². The lowest BCUT2D eigenvalue weighted by Crippen LogP contribution is -2.19. The second-order valence-corrected chi connectivity index (χ2v) is 6.29. The minimum absolute atomic E-state index is 0.207. The predicted molar refractivity (Wildman–Crippen MR) is 116 cm³/mol. The average Bonchev–Trinajstić information content (AvgIpc) is 2.74. The Morgan fingerprint density at radius 1 is 0.742 bits per heavy atom. The molecule has 0 heterocycles. The number of hydrogen-bond acceptors (Lipinski definition) is 6. The van der Waals surface area contributed by atoms with Crippen molar-refractivity contribution in [3.05, 3.63) is 83.6 Å². The van der Waals surface area contributed by atoms with Crippen molar-refractivity contribution in [1.82, 2.24) is 0 Å². The summed E-state index contributed by atoms with van der Waals surface area (Å²) in [5.41, 5.74) is 11.5. The number of carbonyl (C=O) groups excluding carboxylic acids is 3. The molecule has 0 fully saturated rings. The molecule has 0 aliphatic heterocycles. The molecule has 0 spiro atoms. The summed E-state index contributed by atoms with van der Waals surface area (Å²) < 4.78 is 10.3. The number of allylic oxidation sites excluding steroid dienone is 3. The van der Waals surface area contributed by atoms with Gasteiger partial charge in [-0.2, -0.15) is 0 Å². The molecular weight excluding hydrogens is 400 g/mol. The zero-order chi connectivity index (χ0) is 22.6. The van der Waals surface area contributed by atoms with E-state index >= 15 is 0 Å². The lowest BCUT2D eigenvalue weighted by Gasteiger charge is -2.03. The van der Waals surface area contributed by atoms with Gasteiger partial charge >= 0.3 is 0 Å². The van der Waals surface area contributed by atoms with Gasteiger partial charge in [-0.25, -0.2) is 0 Å². The lowest BCUT2D eigenvalue weighted by molar-refractivity contribution is -0.120. The molecule has 5 N–H and O–H groups in total. The van der Waals surface area contributed by atoms with Crippen molar-refractivity contribution in [1.29, 1.82) is 0 Å². The van der Waals surface area contributed by atoms with Crippen molar-refractivity contribution in [3.63, 3.8) is 0 Å². The Kier molecular flexibility index (Phi) is 8.60. The first-order valence-corrected chi connectivity index (χ1v) is 9.15. The summed E-state index contributed by atoms with van der Waals surface area (Å²) in [6, 6.07) is 13.5. The number of amides is 2. The minimum atomic E-state index is -0.568. The molecule has 0 atom stereocenters. The maximum absolute atomic E-state index is 12.0. The first-order chi connectivity index (χ1) is 14.8. The van der Waals surface area contributed by atoms with E-state index in [1.807, 2.05) is 0 Å². The summed E-state index contributed by atoms with van der Waals surface area (Å²) in [4.78, 5) is 33.3. The highest BCUT2D eigenvalue weighted by molar-refractivity contribution is 6.02. The van der Waals surface area contributed by atoms with Crippen molar-refractivity contribution in [2.24, 2.45) is 11.5 Å². The standard InChI is InChI=1S/C23H22N2O6/c24-22(28)14-30-20-9-3-16(4-10-20)1-7-18(26)13-19(27)8-2-17-5-11-21(12-6-17)31-15-23(25)29/h1-13,26H,14-15H2,(H2,24,28)(H2,25,29)/b7-1+,8-2+,18-13-. The van der Waals surface area contributed by atoms with E-state index in [1.165, 1.54) is 12.2 Å². The number of ether oxygens (including phenoxy) is 2. The van der Waals surface area contributed by atoms with E-state index in [9.17, 15) is 19.5 Å². The zero-order valence-electron chi connectivity index (χ0n) is 16.6. The Morgan fingerprint density at radius 2 is 1.16 bits per heavy atom. The number of ketones is 1. The number of aliphatic hydroxyl groups is 1. The molecule has 8 heteroatoms. The summed E-state index contributed by atoms with van der Waals surface area (Å²) in [5, 5.41) is 9.91. The van der Waals surface area contributed by atoms with Crippen molar-refractivity contribution >= 4 is 29.7 Å². The highest BCUT2D eigenvalue weighted by Crippen LogP contribution is 2.14. The fourth-order valence-corrected chi connectivity index (χ4v) is 2.26. The number of nitrogens with two attached hydrogens (primary N) is 2. The highest BCUT2D eigenvalue weighted by atomic mass is 16.5. The van der Waals surface area contributed by atoms with E-state index in [4.69, 9.17) is 20.9 Å². The Balaban J connectivity index is 1.88. The molecule has 31 heavy (non-hydrogen) atoms. The van der Waals surface area contributed by atoms with Crippen molar-refractivity contribution in [3.8, 4) is 11.5 Å². The van der Waals surface area contributed by atoms with Crippen molar-refractivity contribution in [2.45, 2.75) is 0 Å². The third kappa shape index (κ3) is 9.14. The van der Waals surface area contributed by atoms with E-state index < -0.39 is 17.6 Å². The number of primary amides is 2. The average molecular weight is 422 g/mol. The van der Waals surface area contributed by atoms with Crippen LogP contribution in [0.1, 0.15) is 11.1 Å². The van der Waals surface area contributed by atoms with E-state index in [-0.39, 0.29) is 19.0 Å². The molecule has 0 aliphatic carbocycles. The van der Waals surface area contributed by atoms with Gasteiger partial charge in [0.15, 0.2) is 19.0 Å². The number of hydrogen-bond donors (Lipinski definition) is 3. The minimum Gasteiger partial charge on any atom is -0.508 e. The van der Waals surface area contributed by atoms with Crippen LogP contribution in [0, 0.1) is 0 Å². The molecule has 0 unspecified atom stereocenters. The summed E-state index contributed by atoms with van der Waals surface area (Å²) >= 11 is 0. The maximum Gasteiger partial charge on any atom is 0.255 e. The Hall–Kier alpha value is -4.33. The van der Waals surface area contributed by atoms with Crippen molar-refractivity contribution in [2.75, 3.05) is 13.2 Å². The molecule has 2 aromatic carbocycles. The number of aliphatic hydroxyl groups excluding tert-OH is 1. The van der Waals surface area contributed by atoms with Gasteiger partial charge in [0.25, 0.3) is 11.8 Å². The molecule has 0 bridgehead atoms. The SMILES string of the molecule is NC(=O)COc1ccc(/C=C/C(=O)/C=C(O)/C=C/c2ccc(OCC(N)=O)cc2)cc1. The van der Waals surface area contributed by atoms with Crippen LogP contribution in [-0.4, -0.2) is 35.9 Å². The molecule has 160 valence electrons. The largest absolute Gasteiger partial charge is 0.508 e. The normalized spacial score (nSPS) is 11.5. The molecule has 2 aromatic rings. The fourth-order valence-electron chi connectivity index (χ4n) is 2.26. The zero-order valence-corrected chi connectivity index (χ0v) is 16.6. The number of carbonyl (C=O) groups is 3. The van der Waals surface area contributed by atoms with Crippen LogP contribution in [0.4, 0.5) is 0 Å². The quantitative estimate of drug-likeness (QED) is 0.288. The van der Waals surface area contributed by atoms with Gasteiger partial charge in [0.05, 0.1) is 0 Å². The van der Waals surface area contributed by atoms with Crippen LogP contribution in [-0.2, 0) is 14.4 Å². The second kappa shape index (κ2) is 11.6. The summed E-state index contributed by atoms with van der Waals surface area (Å²) in [7, 11) is 0. The molecule has 0 radical (unpaired) electrons. The van der Waals surface area contributed by atoms with Crippen LogP contribution in [0.2, 0.25) is 0 Å². The van der Waals surface area contributed by atoms with E-state index in [0.717, 1.165) is 17.2 Å². The third-order valence-electron chi connectivity index (χ3n) is 3.70. The van der Waals surface area contributed by atoms with Gasteiger partial charge in [-0.15, -0.1) is 0 Å². The first kappa shape index (κ1) is 23.0. The lowest BCUT2D eigenvalue weighted by atomic mass is 10.1.